The zero-order valence-corrected chi connectivity index (χ0v) is 14.0. The van der Waals surface area contributed by atoms with Crippen LogP contribution in [-0.4, -0.2) is 34.8 Å². The number of imide groups is 1. The van der Waals surface area contributed by atoms with Gasteiger partial charge < -0.3 is 16.4 Å². The Hall–Kier alpha value is -2.12. The minimum atomic E-state index is -0.791. The number of hydrogen-bond acceptors (Lipinski definition) is 4. The summed E-state index contributed by atoms with van der Waals surface area (Å²) in [5.41, 5.74) is 6.74. The fourth-order valence-electron chi connectivity index (χ4n) is 3.03. The summed E-state index contributed by atoms with van der Waals surface area (Å²) in [6, 6.07) is 6.72. The highest BCUT2D eigenvalue weighted by Crippen LogP contribution is 2.28. The summed E-state index contributed by atoms with van der Waals surface area (Å²) in [4.78, 5) is 36.7. The molecule has 2 aliphatic rings. The quantitative estimate of drug-likeness (QED) is 0.712. The normalized spacial score (nSPS) is 19.0. The number of urea groups is 1. The molecule has 1 aliphatic heterocycles. The molecule has 4 N–H and O–H groups in total. The van der Waals surface area contributed by atoms with Crippen molar-refractivity contribution < 1.29 is 14.4 Å². The van der Waals surface area contributed by atoms with Crippen molar-refractivity contribution in [2.24, 2.45) is 5.73 Å². The van der Waals surface area contributed by atoms with Gasteiger partial charge in [-0.25, -0.2) is 4.79 Å². The monoisotopic (exact) mass is 352 g/mol. The van der Waals surface area contributed by atoms with E-state index in [1.165, 1.54) is 0 Å². The van der Waals surface area contributed by atoms with Gasteiger partial charge in [-0.3, -0.25) is 14.5 Å². The average molecular weight is 353 g/mol. The second-order valence-electron chi connectivity index (χ2n) is 6.16. The number of amides is 4. The van der Waals surface area contributed by atoms with Crippen LogP contribution in [0, 0.1) is 0 Å². The molecule has 8 heteroatoms. The van der Waals surface area contributed by atoms with Crippen LogP contribution >= 0.6 is 12.4 Å². The van der Waals surface area contributed by atoms with Crippen molar-refractivity contribution in [1.29, 1.82) is 0 Å². The van der Waals surface area contributed by atoms with Crippen LogP contribution in [-0.2, 0) is 16.1 Å². The molecule has 2 fully saturated rings. The van der Waals surface area contributed by atoms with Gasteiger partial charge in [-0.1, -0.05) is 25.0 Å². The molecular weight excluding hydrogens is 332 g/mol. The van der Waals surface area contributed by atoms with E-state index in [1.54, 1.807) is 18.2 Å². The fourth-order valence-corrected chi connectivity index (χ4v) is 3.03. The topological polar surface area (TPSA) is 105 Å². The molecule has 0 radical (unpaired) electrons. The summed E-state index contributed by atoms with van der Waals surface area (Å²) in [6.45, 7) is 0.215. The van der Waals surface area contributed by atoms with Crippen molar-refractivity contribution >= 4 is 35.9 Å². The van der Waals surface area contributed by atoms with E-state index in [0.29, 0.717) is 18.5 Å². The lowest BCUT2D eigenvalue weighted by Crippen LogP contribution is -2.48. The molecule has 0 bridgehead atoms. The van der Waals surface area contributed by atoms with Crippen molar-refractivity contribution in [1.82, 2.24) is 10.2 Å². The molecule has 1 saturated carbocycles. The van der Waals surface area contributed by atoms with Crippen molar-refractivity contribution in [3.8, 4) is 0 Å². The Morgan fingerprint density at radius 1 is 1.29 bits per heavy atom. The van der Waals surface area contributed by atoms with Crippen LogP contribution in [0.3, 0.4) is 0 Å². The molecule has 0 aromatic heterocycles. The highest BCUT2D eigenvalue weighted by molar-refractivity contribution is 6.02. The van der Waals surface area contributed by atoms with Crippen molar-refractivity contribution in [3.63, 3.8) is 0 Å². The standard InChI is InChI=1S/C16H20N4O3.ClH/c17-16(6-1-2-7-16)14(22)19-12-5-3-4-11(8-12)10-20-13(21)9-18-15(20)23;/h3-5,8H,1-2,6-7,9-10,17H2,(H,18,23)(H,19,22);1H. The van der Waals surface area contributed by atoms with Gasteiger partial charge in [0.25, 0.3) is 0 Å². The molecule has 130 valence electrons. The number of rotatable bonds is 4. The van der Waals surface area contributed by atoms with Crippen LogP contribution in [0.4, 0.5) is 10.5 Å². The maximum Gasteiger partial charge on any atom is 0.324 e. The van der Waals surface area contributed by atoms with Gasteiger partial charge >= 0.3 is 6.03 Å². The SMILES string of the molecule is Cl.NC1(C(=O)Nc2cccc(CN3C(=O)CNC3=O)c2)CCCC1. The molecule has 0 unspecified atom stereocenters. The zero-order valence-electron chi connectivity index (χ0n) is 13.2. The van der Waals surface area contributed by atoms with Gasteiger partial charge in [0.2, 0.25) is 11.8 Å². The number of hydrogen-bond donors (Lipinski definition) is 3. The number of benzene rings is 1. The van der Waals surface area contributed by atoms with Gasteiger partial charge in [-0.05, 0) is 30.5 Å². The van der Waals surface area contributed by atoms with E-state index in [9.17, 15) is 14.4 Å². The summed E-state index contributed by atoms with van der Waals surface area (Å²) in [5, 5.41) is 5.32. The number of carbonyl (C=O) groups excluding carboxylic acids is 3. The molecule has 0 atom stereocenters. The predicted molar refractivity (Wildman–Crippen MR) is 91.7 cm³/mol. The fraction of sp³-hybridized carbons (Fsp3) is 0.438. The number of nitrogens with one attached hydrogen (secondary N) is 2. The minimum Gasteiger partial charge on any atom is -0.329 e. The Bertz CT molecular complexity index is 642. The smallest absolute Gasteiger partial charge is 0.324 e. The first-order chi connectivity index (χ1) is 11.0. The number of anilines is 1. The van der Waals surface area contributed by atoms with Gasteiger partial charge in [-0.2, -0.15) is 0 Å². The Labute approximate surface area is 146 Å². The third-order valence-corrected chi connectivity index (χ3v) is 4.41. The van der Waals surface area contributed by atoms with Crippen LogP contribution in [0.25, 0.3) is 0 Å². The van der Waals surface area contributed by atoms with Gasteiger partial charge in [0, 0.05) is 5.69 Å². The summed E-state index contributed by atoms with van der Waals surface area (Å²) in [6.07, 6.45) is 3.33. The highest BCUT2D eigenvalue weighted by atomic mass is 35.5. The average Bonchev–Trinajstić information content (AvgIpc) is 3.10. The summed E-state index contributed by atoms with van der Waals surface area (Å²) in [5.74, 6) is -0.432. The molecule has 1 aromatic rings. The Balaban J connectivity index is 0.00000208. The molecule has 7 nitrogen and oxygen atoms in total. The van der Waals surface area contributed by atoms with Crippen LogP contribution in [0.2, 0.25) is 0 Å². The van der Waals surface area contributed by atoms with Gasteiger partial charge in [0.05, 0.1) is 18.6 Å². The van der Waals surface area contributed by atoms with E-state index in [1.807, 2.05) is 6.07 Å². The van der Waals surface area contributed by atoms with Crippen molar-refractivity contribution in [2.45, 2.75) is 37.8 Å². The lowest BCUT2D eigenvalue weighted by atomic mass is 9.98. The highest BCUT2D eigenvalue weighted by Gasteiger charge is 2.37. The summed E-state index contributed by atoms with van der Waals surface area (Å²) in [7, 11) is 0. The molecule has 1 heterocycles. The van der Waals surface area contributed by atoms with E-state index < -0.39 is 11.6 Å². The molecule has 4 amide bonds. The van der Waals surface area contributed by atoms with Crippen LogP contribution in [0.15, 0.2) is 24.3 Å². The number of carbonyl (C=O) groups is 3. The molecule has 24 heavy (non-hydrogen) atoms. The van der Waals surface area contributed by atoms with Gasteiger partial charge in [0.1, 0.15) is 0 Å². The zero-order chi connectivity index (χ0) is 16.4. The largest absolute Gasteiger partial charge is 0.329 e. The van der Waals surface area contributed by atoms with E-state index in [0.717, 1.165) is 23.3 Å². The third-order valence-electron chi connectivity index (χ3n) is 4.41. The molecule has 0 spiro atoms. The van der Waals surface area contributed by atoms with Gasteiger partial charge in [-0.15, -0.1) is 12.4 Å². The van der Waals surface area contributed by atoms with E-state index in [4.69, 9.17) is 5.73 Å². The molecule has 1 saturated heterocycles. The second kappa shape index (κ2) is 7.19. The molecule has 1 aromatic carbocycles. The van der Waals surface area contributed by atoms with E-state index >= 15 is 0 Å². The minimum absolute atomic E-state index is 0. The van der Waals surface area contributed by atoms with Crippen molar-refractivity contribution in [2.75, 3.05) is 11.9 Å². The van der Waals surface area contributed by atoms with Crippen LogP contribution in [0.1, 0.15) is 31.2 Å². The van der Waals surface area contributed by atoms with Crippen molar-refractivity contribution in [3.05, 3.63) is 29.8 Å². The lowest BCUT2D eigenvalue weighted by molar-refractivity contribution is -0.125. The molecule has 3 rings (SSSR count). The van der Waals surface area contributed by atoms with Gasteiger partial charge in [0.15, 0.2) is 0 Å². The first-order valence-corrected chi connectivity index (χ1v) is 7.75. The summed E-state index contributed by atoms with van der Waals surface area (Å²) < 4.78 is 0. The Morgan fingerprint density at radius 2 is 2.00 bits per heavy atom. The maximum atomic E-state index is 12.3. The lowest BCUT2D eigenvalue weighted by Gasteiger charge is -2.22. The first kappa shape index (κ1) is 18.2. The van der Waals surface area contributed by atoms with E-state index in [-0.39, 0.29) is 37.3 Å². The third kappa shape index (κ3) is 3.68. The Morgan fingerprint density at radius 3 is 2.62 bits per heavy atom. The Kier molecular flexibility index (Phi) is 5.46. The number of nitrogens with zero attached hydrogens (tertiary/aromatic N) is 1. The van der Waals surface area contributed by atoms with Crippen LogP contribution in [0.5, 0.6) is 0 Å². The number of nitrogens with two attached hydrogens (primary N) is 1. The summed E-state index contributed by atoms with van der Waals surface area (Å²) >= 11 is 0. The second-order valence-corrected chi connectivity index (χ2v) is 6.16. The first-order valence-electron chi connectivity index (χ1n) is 7.75. The predicted octanol–water partition coefficient (Wildman–Crippen LogP) is 1.37. The number of halogens is 1. The maximum absolute atomic E-state index is 12.3. The van der Waals surface area contributed by atoms with E-state index in [2.05, 4.69) is 10.6 Å². The molecular formula is C16H21ClN4O3. The molecule has 1 aliphatic carbocycles. The van der Waals surface area contributed by atoms with Crippen LogP contribution < -0.4 is 16.4 Å².